The van der Waals surface area contributed by atoms with Gasteiger partial charge in [0, 0.05) is 17.8 Å². The molecule has 0 atom stereocenters. The third-order valence-corrected chi connectivity index (χ3v) is 6.64. The summed E-state index contributed by atoms with van der Waals surface area (Å²) in [5, 5.41) is 5.80. The van der Waals surface area contributed by atoms with Crippen LogP contribution in [-0.4, -0.2) is 26.0 Å². The van der Waals surface area contributed by atoms with Crippen molar-refractivity contribution in [3.63, 3.8) is 0 Å². The van der Waals surface area contributed by atoms with Crippen molar-refractivity contribution in [2.75, 3.05) is 16.6 Å². The first-order valence-corrected chi connectivity index (χ1v) is 12.2. The molecule has 0 heterocycles. The highest BCUT2D eigenvalue weighted by Gasteiger charge is 2.19. The van der Waals surface area contributed by atoms with Crippen molar-refractivity contribution in [3.8, 4) is 5.75 Å². The molecule has 0 unspecified atom stereocenters. The fourth-order valence-corrected chi connectivity index (χ4v) is 4.82. The molecule has 0 spiro atoms. The summed E-state index contributed by atoms with van der Waals surface area (Å²) in [5.41, 5.74) is 1.03. The molecule has 1 saturated carbocycles. The molecule has 0 bridgehead atoms. The Hall–Kier alpha value is -2.65. The van der Waals surface area contributed by atoms with Crippen LogP contribution < -0.4 is 20.1 Å². The van der Waals surface area contributed by atoms with Gasteiger partial charge in [0.1, 0.15) is 5.75 Å². The minimum absolute atomic E-state index is 0.0943. The number of carbonyl (C=O) groups excluding carboxylic acids is 1. The van der Waals surface area contributed by atoms with Gasteiger partial charge in [-0.3, -0.25) is 9.52 Å². The lowest BCUT2D eigenvalue weighted by Gasteiger charge is -2.13. The van der Waals surface area contributed by atoms with Gasteiger partial charge in [-0.2, -0.15) is 0 Å². The lowest BCUT2D eigenvalue weighted by molar-refractivity contribution is -0.120. The first-order valence-electron chi connectivity index (χ1n) is 10.3. The number of rotatable bonds is 8. The number of carbonyl (C=O) groups is 1. The third-order valence-electron chi connectivity index (χ3n) is 5.04. The van der Waals surface area contributed by atoms with E-state index in [1.165, 1.54) is 25.0 Å². The average molecular weight is 462 g/mol. The fraction of sp³-hybridized carbons (Fsp3) is 0.364. The molecule has 3 rings (SSSR count). The van der Waals surface area contributed by atoms with Crippen LogP contribution in [0.1, 0.15) is 39.0 Å². The Kier molecular flexibility index (Phi) is 7.86. The van der Waals surface area contributed by atoms with E-state index in [0.29, 0.717) is 36.1 Å². The summed E-state index contributed by atoms with van der Waals surface area (Å²) in [5.74, 6) is 1.02. The summed E-state index contributed by atoms with van der Waals surface area (Å²) in [6.45, 7) is 2.42. The van der Waals surface area contributed by atoms with Gasteiger partial charge in [0.15, 0.2) is 5.11 Å². The molecule has 1 aliphatic rings. The minimum atomic E-state index is -3.74. The van der Waals surface area contributed by atoms with E-state index in [4.69, 9.17) is 17.0 Å². The largest absolute Gasteiger partial charge is 0.494 e. The van der Waals surface area contributed by atoms with E-state index in [0.717, 1.165) is 12.8 Å². The first kappa shape index (κ1) is 23.0. The average Bonchev–Trinajstić information content (AvgIpc) is 3.22. The number of nitrogens with one attached hydrogen (secondary N) is 3. The maximum absolute atomic E-state index is 12.6. The van der Waals surface area contributed by atoms with Gasteiger partial charge < -0.3 is 15.4 Å². The number of ether oxygens (including phenoxy) is 1. The van der Waals surface area contributed by atoms with Crippen molar-refractivity contribution in [3.05, 3.63) is 48.5 Å². The number of hydrogen-bond donors (Lipinski definition) is 3. The van der Waals surface area contributed by atoms with E-state index >= 15 is 0 Å². The quantitative estimate of drug-likeness (QED) is 0.508. The molecule has 3 N–H and O–H groups in total. The Bertz CT molecular complexity index is 1000. The molecular weight excluding hydrogens is 434 g/mol. The number of hydrogen-bond acceptors (Lipinski definition) is 5. The van der Waals surface area contributed by atoms with Gasteiger partial charge in [-0.05, 0) is 86.4 Å². The topological polar surface area (TPSA) is 96.5 Å². The van der Waals surface area contributed by atoms with Crippen LogP contribution in [0.4, 0.5) is 11.4 Å². The Balaban J connectivity index is 1.54. The van der Waals surface area contributed by atoms with Crippen LogP contribution in [0.15, 0.2) is 53.4 Å². The van der Waals surface area contributed by atoms with Crippen molar-refractivity contribution in [2.24, 2.45) is 5.92 Å². The second-order valence-electron chi connectivity index (χ2n) is 7.44. The zero-order valence-electron chi connectivity index (χ0n) is 17.4. The zero-order valence-corrected chi connectivity index (χ0v) is 19.0. The van der Waals surface area contributed by atoms with E-state index in [1.54, 1.807) is 36.4 Å². The fourth-order valence-electron chi connectivity index (χ4n) is 3.53. The predicted molar refractivity (Wildman–Crippen MR) is 126 cm³/mol. The van der Waals surface area contributed by atoms with Gasteiger partial charge in [0.25, 0.3) is 10.0 Å². The number of sulfonamides is 1. The number of thiocarbonyl (C=S) groups is 1. The van der Waals surface area contributed by atoms with E-state index in [1.807, 2.05) is 6.92 Å². The van der Waals surface area contributed by atoms with Crippen LogP contribution in [0.3, 0.4) is 0 Å². The van der Waals surface area contributed by atoms with Crippen molar-refractivity contribution in [2.45, 2.75) is 43.9 Å². The molecule has 1 fully saturated rings. The lowest BCUT2D eigenvalue weighted by atomic mass is 10.0. The summed E-state index contributed by atoms with van der Waals surface area (Å²) < 4.78 is 33.1. The molecule has 0 aromatic heterocycles. The highest BCUT2D eigenvalue weighted by Crippen LogP contribution is 2.27. The summed E-state index contributed by atoms with van der Waals surface area (Å²) in [6.07, 6.45) is 5.03. The lowest BCUT2D eigenvalue weighted by Crippen LogP contribution is -2.34. The van der Waals surface area contributed by atoms with Crippen molar-refractivity contribution in [1.82, 2.24) is 5.32 Å². The predicted octanol–water partition coefficient (Wildman–Crippen LogP) is 4.28. The first-order chi connectivity index (χ1) is 14.9. The van der Waals surface area contributed by atoms with E-state index in [9.17, 15) is 13.2 Å². The standard InChI is InChI=1S/C22H27N3O4S2/c1-2-29-19-11-7-18(8-12-19)25-31(27,28)20-13-9-17(10-14-20)23-22(30)24-21(26)15-16-5-3-4-6-16/h7-14,16,25H,2-6,15H2,1H3,(H2,23,24,26,30). The molecule has 1 aliphatic carbocycles. The van der Waals surface area contributed by atoms with Crippen LogP contribution in [0.25, 0.3) is 0 Å². The molecular formula is C22H27N3O4S2. The second kappa shape index (κ2) is 10.6. The monoisotopic (exact) mass is 461 g/mol. The van der Waals surface area contributed by atoms with Gasteiger partial charge in [0.05, 0.1) is 11.5 Å². The molecule has 31 heavy (non-hydrogen) atoms. The van der Waals surface area contributed by atoms with Crippen LogP contribution in [0, 0.1) is 5.92 Å². The molecule has 2 aromatic carbocycles. The second-order valence-corrected chi connectivity index (χ2v) is 9.53. The molecule has 0 saturated heterocycles. The van der Waals surface area contributed by atoms with E-state index in [2.05, 4.69) is 15.4 Å². The highest BCUT2D eigenvalue weighted by molar-refractivity contribution is 7.92. The Morgan fingerprint density at radius 2 is 1.65 bits per heavy atom. The molecule has 7 nitrogen and oxygen atoms in total. The summed E-state index contributed by atoms with van der Waals surface area (Å²) in [4.78, 5) is 12.2. The maximum atomic E-state index is 12.6. The smallest absolute Gasteiger partial charge is 0.261 e. The summed E-state index contributed by atoms with van der Waals surface area (Å²) in [6, 6.07) is 12.8. The molecule has 1 amide bonds. The third kappa shape index (κ3) is 6.93. The Labute approximate surface area is 188 Å². The minimum Gasteiger partial charge on any atom is -0.494 e. The molecule has 0 radical (unpaired) electrons. The van der Waals surface area contributed by atoms with Gasteiger partial charge in [-0.15, -0.1) is 0 Å². The summed E-state index contributed by atoms with van der Waals surface area (Å²) >= 11 is 5.19. The normalized spacial score (nSPS) is 14.1. The number of amides is 1. The molecule has 166 valence electrons. The van der Waals surface area contributed by atoms with Crippen LogP contribution >= 0.6 is 12.2 Å². The number of anilines is 2. The SMILES string of the molecule is CCOc1ccc(NS(=O)(=O)c2ccc(NC(=S)NC(=O)CC3CCCC3)cc2)cc1. The van der Waals surface area contributed by atoms with Gasteiger partial charge in [-0.1, -0.05) is 12.8 Å². The van der Waals surface area contributed by atoms with E-state index < -0.39 is 10.0 Å². The molecule has 0 aliphatic heterocycles. The molecule has 9 heteroatoms. The van der Waals surface area contributed by atoms with Crippen LogP contribution in [0.2, 0.25) is 0 Å². The van der Waals surface area contributed by atoms with Gasteiger partial charge in [0.2, 0.25) is 5.91 Å². The van der Waals surface area contributed by atoms with Crippen LogP contribution in [0.5, 0.6) is 5.75 Å². The molecule has 2 aromatic rings. The van der Waals surface area contributed by atoms with E-state index in [-0.39, 0.29) is 15.9 Å². The van der Waals surface area contributed by atoms with Gasteiger partial charge >= 0.3 is 0 Å². The van der Waals surface area contributed by atoms with Gasteiger partial charge in [-0.25, -0.2) is 8.42 Å². The maximum Gasteiger partial charge on any atom is 0.261 e. The van der Waals surface area contributed by atoms with Crippen LogP contribution in [-0.2, 0) is 14.8 Å². The Morgan fingerprint density at radius 3 is 2.26 bits per heavy atom. The van der Waals surface area contributed by atoms with Crippen molar-refractivity contribution < 1.29 is 17.9 Å². The van der Waals surface area contributed by atoms with Crippen molar-refractivity contribution in [1.29, 1.82) is 0 Å². The number of benzene rings is 2. The zero-order chi connectivity index (χ0) is 22.3. The Morgan fingerprint density at radius 1 is 1.03 bits per heavy atom. The summed E-state index contributed by atoms with van der Waals surface area (Å²) in [7, 11) is -3.74. The van der Waals surface area contributed by atoms with Crippen molar-refractivity contribution >= 4 is 44.6 Å². The highest BCUT2D eigenvalue weighted by atomic mass is 32.2.